The normalized spacial score (nSPS) is 10.6. The van der Waals surface area contributed by atoms with E-state index in [1.165, 1.54) is 0 Å². The van der Waals surface area contributed by atoms with Crippen molar-refractivity contribution >= 4 is 81.2 Å². The molecule has 9 heteroatoms. The summed E-state index contributed by atoms with van der Waals surface area (Å²) in [6.45, 7) is 0. The van der Waals surface area contributed by atoms with Crippen molar-refractivity contribution in [3.63, 3.8) is 0 Å². The number of amides is 2. The predicted octanol–water partition coefficient (Wildman–Crippen LogP) is 8.73. The van der Waals surface area contributed by atoms with Gasteiger partial charge in [-0.3, -0.25) is 9.59 Å². The minimum absolute atomic E-state index is 0.0430. The summed E-state index contributed by atoms with van der Waals surface area (Å²) in [5, 5.41) is 12.6. The number of hydrogen-bond acceptors (Lipinski definition) is 7. The molecule has 0 unspecified atom stereocenters. The first-order valence-corrected chi connectivity index (χ1v) is 17.8. The third-order valence-corrected chi connectivity index (χ3v) is 9.63. The SMILES string of the molecule is O=C(CCSCCSCCSCCC(=O)Nc1ccc(Nc2ccccc2)cc1)Nc1ccc(Nc2ccccc2)cc1. The van der Waals surface area contributed by atoms with Gasteiger partial charge in [0.1, 0.15) is 0 Å². The Hall–Kier alpha value is -3.53. The highest BCUT2D eigenvalue weighted by Crippen LogP contribution is 2.20. The summed E-state index contributed by atoms with van der Waals surface area (Å²) < 4.78 is 0. The fraction of sp³-hybridized carbons (Fsp3) is 0.235. The van der Waals surface area contributed by atoms with Crippen molar-refractivity contribution in [3.8, 4) is 0 Å². The summed E-state index contributed by atoms with van der Waals surface area (Å²) in [5.74, 6) is 5.92. The number of hydrogen-bond donors (Lipinski definition) is 4. The summed E-state index contributed by atoms with van der Waals surface area (Å²) in [5.41, 5.74) is 5.65. The number of rotatable bonds is 18. The van der Waals surface area contributed by atoms with Gasteiger partial charge in [-0.25, -0.2) is 0 Å². The summed E-state index contributed by atoms with van der Waals surface area (Å²) in [7, 11) is 0. The number of para-hydroxylation sites is 2. The molecule has 0 spiro atoms. The molecule has 0 bridgehead atoms. The summed E-state index contributed by atoms with van der Waals surface area (Å²) in [6.07, 6.45) is 1.01. The maximum absolute atomic E-state index is 12.3. The lowest BCUT2D eigenvalue weighted by Gasteiger charge is -2.09. The van der Waals surface area contributed by atoms with Crippen molar-refractivity contribution in [1.29, 1.82) is 0 Å². The zero-order valence-corrected chi connectivity index (χ0v) is 26.5. The van der Waals surface area contributed by atoms with Crippen LogP contribution in [0.5, 0.6) is 0 Å². The highest BCUT2D eigenvalue weighted by molar-refractivity contribution is 8.04. The van der Waals surface area contributed by atoms with Gasteiger partial charge in [-0.2, -0.15) is 35.3 Å². The lowest BCUT2D eigenvalue weighted by Crippen LogP contribution is -2.12. The van der Waals surface area contributed by atoms with Gasteiger partial charge in [-0.05, 0) is 72.8 Å². The van der Waals surface area contributed by atoms with E-state index >= 15 is 0 Å². The van der Waals surface area contributed by atoms with Crippen LogP contribution in [0, 0.1) is 0 Å². The molecule has 4 N–H and O–H groups in total. The Bertz CT molecular complexity index is 1270. The first-order valence-electron chi connectivity index (χ1n) is 14.3. The number of thioether (sulfide) groups is 3. The molecule has 0 saturated heterocycles. The van der Waals surface area contributed by atoms with Gasteiger partial charge in [0.15, 0.2) is 0 Å². The second-order valence-corrected chi connectivity index (χ2v) is 13.2. The van der Waals surface area contributed by atoms with E-state index in [0.29, 0.717) is 12.8 Å². The van der Waals surface area contributed by atoms with Crippen molar-refractivity contribution in [2.24, 2.45) is 0 Å². The molecule has 224 valence electrons. The minimum atomic E-state index is 0.0430. The summed E-state index contributed by atoms with van der Waals surface area (Å²) in [4.78, 5) is 24.5. The molecule has 0 aliphatic rings. The fourth-order valence-corrected chi connectivity index (χ4v) is 7.13. The summed E-state index contributed by atoms with van der Waals surface area (Å²) >= 11 is 5.55. The molecule has 4 aromatic carbocycles. The third-order valence-electron chi connectivity index (χ3n) is 6.15. The van der Waals surface area contributed by atoms with Crippen molar-refractivity contribution < 1.29 is 9.59 Å². The number of carbonyl (C=O) groups excluding carboxylic acids is 2. The van der Waals surface area contributed by atoms with Gasteiger partial charge in [-0.1, -0.05) is 36.4 Å². The van der Waals surface area contributed by atoms with Crippen LogP contribution in [-0.2, 0) is 9.59 Å². The Labute approximate surface area is 267 Å². The maximum Gasteiger partial charge on any atom is 0.225 e. The van der Waals surface area contributed by atoms with Crippen LogP contribution < -0.4 is 21.3 Å². The van der Waals surface area contributed by atoms with Gasteiger partial charge < -0.3 is 21.3 Å². The Morgan fingerprint density at radius 1 is 0.395 bits per heavy atom. The van der Waals surface area contributed by atoms with Crippen molar-refractivity contribution in [2.75, 3.05) is 55.8 Å². The van der Waals surface area contributed by atoms with Crippen LogP contribution in [0.1, 0.15) is 12.8 Å². The monoisotopic (exact) mass is 630 g/mol. The Balaban J connectivity index is 0.954. The molecule has 0 aromatic heterocycles. The topological polar surface area (TPSA) is 82.3 Å². The van der Waals surface area contributed by atoms with Gasteiger partial charge in [0.05, 0.1) is 0 Å². The standard InChI is InChI=1S/C34H38N4O2S3/c39-33(37-31-15-11-29(12-16-31)35-27-7-3-1-4-8-27)19-21-41-23-25-43-26-24-42-22-20-34(40)38-32-17-13-30(14-18-32)36-28-9-5-2-6-10-28/h1-18,35-36H,19-26H2,(H,37,39)(H,38,40). The average Bonchev–Trinajstić information content (AvgIpc) is 3.03. The third kappa shape index (κ3) is 13.1. The van der Waals surface area contributed by atoms with E-state index < -0.39 is 0 Å². The van der Waals surface area contributed by atoms with E-state index in [2.05, 4.69) is 21.3 Å². The zero-order valence-electron chi connectivity index (χ0n) is 24.1. The predicted molar refractivity (Wildman–Crippen MR) is 191 cm³/mol. The number of benzene rings is 4. The number of nitrogens with one attached hydrogen (secondary N) is 4. The molecular weight excluding hydrogens is 593 g/mol. The largest absolute Gasteiger partial charge is 0.356 e. The number of carbonyl (C=O) groups is 2. The second kappa shape index (κ2) is 18.9. The molecule has 0 heterocycles. The van der Waals surface area contributed by atoms with Gasteiger partial charge in [0.25, 0.3) is 0 Å². The highest BCUT2D eigenvalue weighted by atomic mass is 32.2. The zero-order chi connectivity index (χ0) is 30.0. The Morgan fingerprint density at radius 3 is 1.07 bits per heavy atom. The van der Waals surface area contributed by atoms with E-state index in [1.807, 2.05) is 144 Å². The quantitative estimate of drug-likeness (QED) is 0.0819. The lowest BCUT2D eigenvalue weighted by atomic mass is 10.2. The molecular formula is C34H38N4O2S3. The van der Waals surface area contributed by atoms with E-state index in [-0.39, 0.29) is 11.8 Å². The smallest absolute Gasteiger partial charge is 0.225 e. The van der Waals surface area contributed by atoms with Crippen molar-refractivity contribution in [3.05, 3.63) is 109 Å². The molecule has 2 amide bonds. The fourth-order valence-electron chi connectivity index (χ4n) is 3.97. The van der Waals surface area contributed by atoms with Gasteiger partial charge >= 0.3 is 0 Å². The van der Waals surface area contributed by atoms with Gasteiger partial charge in [0, 0.05) is 81.5 Å². The van der Waals surface area contributed by atoms with Crippen molar-refractivity contribution in [1.82, 2.24) is 0 Å². The van der Waals surface area contributed by atoms with Gasteiger partial charge in [-0.15, -0.1) is 0 Å². The lowest BCUT2D eigenvalue weighted by molar-refractivity contribution is -0.116. The molecule has 0 saturated carbocycles. The van der Waals surface area contributed by atoms with E-state index in [0.717, 1.165) is 68.6 Å². The van der Waals surface area contributed by atoms with Crippen LogP contribution >= 0.6 is 35.3 Å². The molecule has 6 nitrogen and oxygen atoms in total. The molecule has 0 aliphatic carbocycles. The summed E-state index contributed by atoms with van der Waals surface area (Å²) in [6, 6.07) is 35.5. The minimum Gasteiger partial charge on any atom is -0.356 e. The van der Waals surface area contributed by atoms with Crippen LogP contribution in [0.2, 0.25) is 0 Å². The van der Waals surface area contributed by atoms with Crippen molar-refractivity contribution in [2.45, 2.75) is 12.8 Å². The van der Waals surface area contributed by atoms with Crippen LogP contribution in [0.15, 0.2) is 109 Å². The number of anilines is 6. The molecule has 4 aromatic rings. The van der Waals surface area contributed by atoms with Crippen LogP contribution in [0.4, 0.5) is 34.1 Å². The molecule has 0 atom stereocenters. The Kier molecular flexibility index (Phi) is 14.2. The van der Waals surface area contributed by atoms with Crippen LogP contribution in [0.3, 0.4) is 0 Å². The molecule has 0 aliphatic heterocycles. The molecule has 0 fully saturated rings. The molecule has 43 heavy (non-hydrogen) atoms. The van der Waals surface area contributed by atoms with E-state index in [4.69, 9.17) is 0 Å². The molecule has 4 rings (SSSR count). The maximum atomic E-state index is 12.3. The van der Waals surface area contributed by atoms with E-state index in [1.54, 1.807) is 0 Å². The molecule has 0 radical (unpaired) electrons. The van der Waals surface area contributed by atoms with Gasteiger partial charge in [0.2, 0.25) is 11.8 Å². The van der Waals surface area contributed by atoms with Crippen LogP contribution in [0.25, 0.3) is 0 Å². The first-order chi connectivity index (χ1) is 21.1. The van der Waals surface area contributed by atoms with E-state index in [9.17, 15) is 9.59 Å². The Morgan fingerprint density at radius 2 is 0.698 bits per heavy atom. The highest BCUT2D eigenvalue weighted by Gasteiger charge is 2.05. The first kappa shape index (κ1) is 32.4. The van der Waals surface area contributed by atoms with Crippen LogP contribution in [-0.4, -0.2) is 46.3 Å². The second-order valence-electron chi connectivity index (χ2n) is 9.57. The average molecular weight is 631 g/mol.